The van der Waals surface area contributed by atoms with Gasteiger partial charge >= 0.3 is 6.18 Å². The number of H-pyrrole nitrogens is 1. The molecule has 1 aliphatic rings. The number of aliphatic hydroxyl groups excluding tert-OH is 1. The topological polar surface area (TPSA) is 124 Å². The van der Waals surface area contributed by atoms with Crippen LogP contribution in [0.25, 0.3) is 11.0 Å². The highest BCUT2D eigenvalue weighted by atomic mass is 19.4. The van der Waals surface area contributed by atoms with Crippen LogP contribution in [0.1, 0.15) is 21.7 Å². The molecule has 35 heavy (non-hydrogen) atoms. The minimum absolute atomic E-state index is 0.117. The molecule has 0 saturated heterocycles. The number of anilines is 3. The highest BCUT2D eigenvalue weighted by Crippen LogP contribution is 2.41. The predicted molar refractivity (Wildman–Crippen MR) is 120 cm³/mol. The number of alkyl halides is 3. The number of ether oxygens (including phenoxy) is 1. The molecule has 5 rings (SSSR count). The summed E-state index contributed by atoms with van der Waals surface area (Å²) in [6.07, 6.45) is -3.17. The average Bonchev–Trinajstić information content (AvgIpc) is 3.27. The van der Waals surface area contributed by atoms with E-state index in [1.807, 2.05) is 0 Å². The molecular formula is C23H18F3N5O4. The molecule has 4 aromatic rings. The van der Waals surface area contributed by atoms with Gasteiger partial charge in [0, 0.05) is 11.9 Å². The van der Waals surface area contributed by atoms with Crippen LogP contribution < -0.4 is 15.0 Å². The number of pyridine rings is 1. The second-order valence-corrected chi connectivity index (χ2v) is 7.77. The Morgan fingerprint density at radius 3 is 2.80 bits per heavy atom. The number of aliphatic hydroxyl groups is 1. The SMILES string of the molecule is O=C(Nc1ccc2nc(C(F)(F)F)[nH]c2c1)c1cccc2c1OCCN2c1ncc(CO)cc1O. The molecule has 1 aliphatic heterocycles. The second-order valence-electron chi connectivity index (χ2n) is 7.77. The van der Waals surface area contributed by atoms with E-state index in [1.54, 1.807) is 23.1 Å². The van der Waals surface area contributed by atoms with Gasteiger partial charge in [-0.2, -0.15) is 13.2 Å². The molecule has 0 aliphatic carbocycles. The second kappa shape index (κ2) is 8.47. The zero-order valence-corrected chi connectivity index (χ0v) is 17.9. The Kier molecular flexibility index (Phi) is 5.44. The number of aromatic hydroxyl groups is 1. The number of aromatic nitrogens is 3. The van der Waals surface area contributed by atoms with Crippen LogP contribution in [-0.2, 0) is 12.8 Å². The van der Waals surface area contributed by atoms with Crippen molar-refractivity contribution in [1.82, 2.24) is 15.0 Å². The molecule has 9 nitrogen and oxygen atoms in total. The fourth-order valence-electron chi connectivity index (χ4n) is 3.85. The van der Waals surface area contributed by atoms with Gasteiger partial charge in [0.25, 0.3) is 5.91 Å². The zero-order valence-electron chi connectivity index (χ0n) is 17.9. The van der Waals surface area contributed by atoms with Gasteiger partial charge in [-0.05, 0) is 42.0 Å². The summed E-state index contributed by atoms with van der Waals surface area (Å²) in [7, 11) is 0. The average molecular weight is 485 g/mol. The van der Waals surface area contributed by atoms with Gasteiger partial charge in [0.05, 0.1) is 35.4 Å². The number of rotatable bonds is 4. The summed E-state index contributed by atoms with van der Waals surface area (Å²) in [5.74, 6) is -1.28. The predicted octanol–water partition coefficient (Wildman–Crippen LogP) is 3.96. The van der Waals surface area contributed by atoms with Crippen molar-refractivity contribution >= 4 is 34.1 Å². The number of fused-ring (bicyclic) bond motifs is 2. The largest absolute Gasteiger partial charge is 0.504 e. The summed E-state index contributed by atoms with van der Waals surface area (Å²) < 4.78 is 44.5. The quantitative estimate of drug-likeness (QED) is 0.345. The fraction of sp³-hybridized carbons (Fsp3) is 0.174. The van der Waals surface area contributed by atoms with E-state index in [0.717, 1.165) is 0 Å². The van der Waals surface area contributed by atoms with Crippen molar-refractivity contribution in [2.45, 2.75) is 12.8 Å². The molecule has 2 aromatic heterocycles. The lowest BCUT2D eigenvalue weighted by Gasteiger charge is -2.31. The Morgan fingerprint density at radius 2 is 2.06 bits per heavy atom. The standard InChI is InChI=1S/C23H18F3N5O4/c24-23(25,26)22-29-15-5-4-13(9-16(15)30-22)28-21(34)14-2-1-3-17-19(14)35-7-6-31(17)20-18(33)8-12(11-32)10-27-20/h1-5,8-10,32-33H,6-7,11H2,(H,28,34)(H,29,30). The van der Waals surface area contributed by atoms with Crippen LogP contribution in [-0.4, -0.2) is 44.2 Å². The van der Waals surface area contributed by atoms with Crippen LogP contribution in [0.2, 0.25) is 0 Å². The molecule has 0 spiro atoms. The number of amides is 1. The van der Waals surface area contributed by atoms with Crippen molar-refractivity contribution in [3.63, 3.8) is 0 Å². The summed E-state index contributed by atoms with van der Waals surface area (Å²) in [5, 5.41) is 22.3. The molecule has 2 aromatic carbocycles. The highest BCUT2D eigenvalue weighted by Gasteiger charge is 2.34. The first kappa shape index (κ1) is 22.5. The molecule has 1 amide bonds. The fourth-order valence-corrected chi connectivity index (χ4v) is 3.85. The number of imidazole rings is 1. The van der Waals surface area contributed by atoms with Crippen molar-refractivity contribution in [2.24, 2.45) is 0 Å². The van der Waals surface area contributed by atoms with E-state index in [0.29, 0.717) is 17.8 Å². The van der Waals surface area contributed by atoms with Crippen LogP contribution in [0.15, 0.2) is 48.7 Å². The van der Waals surface area contributed by atoms with Gasteiger partial charge in [0.2, 0.25) is 5.82 Å². The third-order valence-corrected chi connectivity index (χ3v) is 5.44. The normalized spacial score (nSPS) is 13.4. The molecule has 0 unspecified atom stereocenters. The minimum Gasteiger partial charge on any atom is -0.504 e. The first-order valence-corrected chi connectivity index (χ1v) is 10.4. The lowest BCUT2D eigenvalue weighted by Crippen LogP contribution is -2.30. The first-order chi connectivity index (χ1) is 16.7. The van der Waals surface area contributed by atoms with Crippen LogP contribution >= 0.6 is 0 Å². The maximum absolute atomic E-state index is 13.1. The van der Waals surface area contributed by atoms with E-state index in [4.69, 9.17) is 4.74 Å². The van der Waals surface area contributed by atoms with Crippen LogP contribution in [0.3, 0.4) is 0 Å². The van der Waals surface area contributed by atoms with Gasteiger partial charge in [-0.1, -0.05) is 6.07 Å². The highest BCUT2D eigenvalue weighted by molar-refractivity contribution is 6.08. The number of halogens is 3. The summed E-state index contributed by atoms with van der Waals surface area (Å²) in [6, 6.07) is 10.5. The van der Waals surface area contributed by atoms with Crippen molar-refractivity contribution in [3.05, 3.63) is 65.6 Å². The third-order valence-electron chi connectivity index (χ3n) is 5.44. The van der Waals surface area contributed by atoms with E-state index < -0.39 is 17.9 Å². The monoisotopic (exact) mass is 485 g/mol. The van der Waals surface area contributed by atoms with Crippen molar-refractivity contribution in [2.75, 3.05) is 23.4 Å². The summed E-state index contributed by atoms with van der Waals surface area (Å²) in [4.78, 5) is 24.7. The van der Waals surface area contributed by atoms with Gasteiger partial charge in [-0.3, -0.25) is 4.79 Å². The molecule has 0 atom stereocenters. The van der Waals surface area contributed by atoms with Crippen LogP contribution in [0.5, 0.6) is 11.5 Å². The molecule has 3 heterocycles. The molecule has 0 bridgehead atoms. The van der Waals surface area contributed by atoms with E-state index in [2.05, 4.69) is 20.3 Å². The van der Waals surface area contributed by atoms with Crippen LogP contribution in [0.4, 0.5) is 30.4 Å². The number of hydrogen-bond donors (Lipinski definition) is 4. The number of carbonyl (C=O) groups is 1. The zero-order chi connectivity index (χ0) is 24.7. The van der Waals surface area contributed by atoms with Crippen molar-refractivity contribution < 1.29 is 32.9 Å². The Balaban J connectivity index is 1.44. The lowest BCUT2D eigenvalue weighted by atomic mass is 10.1. The number of hydrogen-bond acceptors (Lipinski definition) is 7. The van der Waals surface area contributed by atoms with Gasteiger partial charge in [0.15, 0.2) is 17.3 Å². The van der Waals surface area contributed by atoms with E-state index in [-0.39, 0.29) is 52.8 Å². The Bertz CT molecular complexity index is 1440. The molecule has 0 fully saturated rings. The maximum Gasteiger partial charge on any atom is 0.449 e. The number of aromatic amines is 1. The van der Waals surface area contributed by atoms with Gasteiger partial charge in [0.1, 0.15) is 6.61 Å². The molecule has 12 heteroatoms. The summed E-state index contributed by atoms with van der Waals surface area (Å²) in [5.41, 5.74) is 1.65. The van der Waals surface area contributed by atoms with Crippen molar-refractivity contribution in [3.8, 4) is 11.5 Å². The third kappa shape index (κ3) is 4.19. The maximum atomic E-state index is 13.1. The minimum atomic E-state index is -4.61. The number of nitrogens with zero attached hydrogens (tertiary/aromatic N) is 3. The molecule has 4 N–H and O–H groups in total. The first-order valence-electron chi connectivity index (χ1n) is 10.4. The van der Waals surface area contributed by atoms with Crippen molar-refractivity contribution in [1.29, 1.82) is 0 Å². The van der Waals surface area contributed by atoms with E-state index in [1.165, 1.54) is 30.5 Å². The molecular weight excluding hydrogens is 467 g/mol. The van der Waals surface area contributed by atoms with Gasteiger partial charge in [-0.15, -0.1) is 0 Å². The number of benzene rings is 2. The smallest absolute Gasteiger partial charge is 0.449 e. The molecule has 0 radical (unpaired) electrons. The van der Waals surface area contributed by atoms with E-state index >= 15 is 0 Å². The number of nitrogens with one attached hydrogen (secondary N) is 2. The van der Waals surface area contributed by atoms with Crippen LogP contribution in [0, 0.1) is 0 Å². The van der Waals surface area contributed by atoms with Gasteiger partial charge < -0.3 is 30.2 Å². The summed E-state index contributed by atoms with van der Waals surface area (Å²) in [6.45, 7) is 0.294. The molecule has 0 saturated carbocycles. The van der Waals surface area contributed by atoms with Gasteiger partial charge in [-0.25, -0.2) is 9.97 Å². The number of para-hydroxylation sites is 1. The van der Waals surface area contributed by atoms with E-state index in [9.17, 15) is 28.2 Å². The summed E-state index contributed by atoms with van der Waals surface area (Å²) >= 11 is 0. The Labute approximate surface area is 195 Å². The lowest BCUT2D eigenvalue weighted by molar-refractivity contribution is -0.144. The number of carbonyl (C=O) groups excluding carboxylic acids is 1. The molecule has 180 valence electrons. The Hall–Kier alpha value is -4.32. The Morgan fingerprint density at radius 1 is 1.23 bits per heavy atom.